The van der Waals surface area contributed by atoms with E-state index in [1.807, 2.05) is 0 Å². The fourth-order valence-corrected chi connectivity index (χ4v) is 1.70. The highest BCUT2D eigenvalue weighted by molar-refractivity contribution is 4.72. The summed E-state index contributed by atoms with van der Waals surface area (Å²) in [7, 11) is 2.08. The first-order valence-corrected chi connectivity index (χ1v) is 5.32. The van der Waals surface area contributed by atoms with Gasteiger partial charge in [-0.1, -0.05) is 40.5 Å². The molecule has 0 spiro atoms. The Kier molecular flexibility index (Phi) is 6.45. The quantitative estimate of drug-likeness (QED) is 0.647. The maximum Gasteiger partial charge on any atom is 0.00896 e. The Morgan fingerprint density at radius 3 is 1.83 bits per heavy atom. The van der Waals surface area contributed by atoms with E-state index in [0.29, 0.717) is 6.04 Å². The van der Waals surface area contributed by atoms with Crippen molar-refractivity contribution in [3.63, 3.8) is 0 Å². The Morgan fingerprint density at radius 2 is 1.58 bits per heavy atom. The van der Waals surface area contributed by atoms with Crippen molar-refractivity contribution >= 4 is 0 Å². The zero-order chi connectivity index (χ0) is 9.56. The summed E-state index contributed by atoms with van der Waals surface area (Å²) in [6.07, 6.45) is 3.98. The van der Waals surface area contributed by atoms with Gasteiger partial charge in [0.05, 0.1) is 0 Å². The molecule has 1 N–H and O–H groups in total. The zero-order valence-corrected chi connectivity index (χ0v) is 9.35. The van der Waals surface area contributed by atoms with E-state index in [4.69, 9.17) is 0 Å². The highest BCUT2D eigenvalue weighted by atomic mass is 14.9. The minimum atomic E-state index is 0.704. The van der Waals surface area contributed by atoms with Crippen LogP contribution in [-0.2, 0) is 0 Å². The Bertz CT molecular complexity index is 95.2. The molecular weight excluding hydrogens is 146 g/mol. The minimum absolute atomic E-state index is 0.704. The molecule has 1 heteroatoms. The summed E-state index contributed by atoms with van der Waals surface area (Å²) in [4.78, 5) is 0. The molecule has 0 aliphatic rings. The largest absolute Gasteiger partial charge is 0.317 e. The van der Waals surface area contributed by atoms with Crippen molar-refractivity contribution in [2.24, 2.45) is 11.8 Å². The minimum Gasteiger partial charge on any atom is -0.317 e. The van der Waals surface area contributed by atoms with Gasteiger partial charge in [0.25, 0.3) is 0 Å². The third-order valence-electron chi connectivity index (χ3n) is 2.92. The first-order valence-electron chi connectivity index (χ1n) is 5.32. The van der Waals surface area contributed by atoms with Gasteiger partial charge in [-0.15, -0.1) is 0 Å². The third-order valence-corrected chi connectivity index (χ3v) is 2.92. The maximum atomic E-state index is 3.40. The lowest BCUT2D eigenvalue weighted by Gasteiger charge is -2.24. The van der Waals surface area contributed by atoms with Crippen LogP contribution in [0.2, 0.25) is 0 Å². The van der Waals surface area contributed by atoms with Crippen LogP contribution < -0.4 is 5.32 Å². The van der Waals surface area contributed by atoms with E-state index in [0.717, 1.165) is 11.8 Å². The summed E-state index contributed by atoms with van der Waals surface area (Å²) in [6, 6.07) is 0.704. The van der Waals surface area contributed by atoms with Gasteiger partial charge < -0.3 is 5.32 Å². The zero-order valence-electron chi connectivity index (χ0n) is 9.35. The van der Waals surface area contributed by atoms with E-state index < -0.39 is 0 Å². The average molecular weight is 171 g/mol. The number of rotatable bonds is 6. The number of hydrogen-bond donors (Lipinski definition) is 1. The molecule has 0 heterocycles. The van der Waals surface area contributed by atoms with Gasteiger partial charge in [-0.05, 0) is 25.3 Å². The topological polar surface area (TPSA) is 12.0 Å². The summed E-state index contributed by atoms with van der Waals surface area (Å²) < 4.78 is 0. The lowest BCUT2D eigenvalue weighted by Crippen LogP contribution is -2.32. The van der Waals surface area contributed by atoms with Crippen molar-refractivity contribution in [1.29, 1.82) is 0 Å². The van der Waals surface area contributed by atoms with Gasteiger partial charge >= 0.3 is 0 Å². The van der Waals surface area contributed by atoms with Gasteiger partial charge in [0.1, 0.15) is 0 Å². The van der Waals surface area contributed by atoms with Gasteiger partial charge in [-0.3, -0.25) is 0 Å². The fraction of sp³-hybridized carbons (Fsp3) is 1.00. The van der Waals surface area contributed by atoms with Gasteiger partial charge in [-0.25, -0.2) is 0 Å². The summed E-state index contributed by atoms with van der Waals surface area (Å²) in [5.41, 5.74) is 0. The molecule has 0 radical (unpaired) electrons. The van der Waals surface area contributed by atoms with E-state index in [-0.39, 0.29) is 0 Å². The standard InChI is InChI=1S/C11H25N/c1-6-10(7-2)8-11(12-5)9(3)4/h9-12H,6-8H2,1-5H3. The van der Waals surface area contributed by atoms with Crippen molar-refractivity contribution in [3.8, 4) is 0 Å². The van der Waals surface area contributed by atoms with Crippen molar-refractivity contribution in [2.75, 3.05) is 7.05 Å². The van der Waals surface area contributed by atoms with Crippen molar-refractivity contribution in [1.82, 2.24) is 5.32 Å². The summed E-state index contributed by atoms with van der Waals surface area (Å²) >= 11 is 0. The molecule has 0 aliphatic heterocycles. The lowest BCUT2D eigenvalue weighted by molar-refractivity contribution is 0.321. The highest BCUT2D eigenvalue weighted by Gasteiger charge is 2.14. The molecule has 1 nitrogen and oxygen atoms in total. The number of nitrogens with one attached hydrogen (secondary N) is 1. The molecule has 0 aromatic heterocycles. The third kappa shape index (κ3) is 4.10. The smallest absolute Gasteiger partial charge is 0.00896 e. The molecule has 0 amide bonds. The average Bonchev–Trinajstić information content (AvgIpc) is 2.06. The second-order valence-electron chi connectivity index (χ2n) is 4.06. The molecule has 0 saturated heterocycles. The van der Waals surface area contributed by atoms with Crippen molar-refractivity contribution in [2.45, 2.75) is 53.0 Å². The van der Waals surface area contributed by atoms with E-state index in [9.17, 15) is 0 Å². The Morgan fingerprint density at radius 1 is 1.08 bits per heavy atom. The van der Waals surface area contributed by atoms with Crippen molar-refractivity contribution < 1.29 is 0 Å². The van der Waals surface area contributed by atoms with Crippen LogP contribution in [0.4, 0.5) is 0 Å². The van der Waals surface area contributed by atoms with Crippen LogP contribution in [0.25, 0.3) is 0 Å². The van der Waals surface area contributed by atoms with Crippen LogP contribution in [-0.4, -0.2) is 13.1 Å². The van der Waals surface area contributed by atoms with Crippen LogP contribution in [0.1, 0.15) is 47.0 Å². The van der Waals surface area contributed by atoms with E-state index in [2.05, 4.69) is 40.1 Å². The molecule has 0 fully saturated rings. The molecule has 0 saturated carbocycles. The van der Waals surface area contributed by atoms with Crippen LogP contribution in [0, 0.1) is 11.8 Å². The molecular formula is C11H25N. The molecule has 0 rings (SSSR count). The second kappa shape index (κ2) is 6.47. The molecule has 0 aliphatic carbocycles. The van der Waals surface area contributed by atoms with Gasteiger partial charge in [0.15, 0.2) is 0 Å². The predicted octanol–water partition coefficient (Wildman–Crippen LogP) is 3.06. The van der Waals surface area contributed by atoms with Crippen LogP contribution in [0.3, 0.4) is 0 Å². The number of hydrogen-bond acceptors (Lipinski definition) is 1. The van der Waals surface area contributed by atoms with Crippen LogP contribution >= 0.6 is 0 Å². The summed E-state index contributed by atoms with van der Waals surface area (Å²) in [6.45, 7) is 9.18. The van der Waals surface area contributed by atoms with E-state index in [1.165, 1.54) is 19.3 Å². The maximum absolute atomic E-state index is 3.40. The molecule has 0 aromatic carbocycles. The Labute approximate surface area is 77.9 Å². The predicted molar refractivity (Wildman–Crippen MR) is 56.4 cm³/mol. The van der Waals surface area contributed by atoms with Gasteiger partial charge in [-0.2, -0.15) is 0 Å². The van der Waals surface area contributed by atoms with Crippen molar-refractivity contribution in [3.05, 3.63) is 0 Å². The SMILES string of the molecule is CCC(CC)CC(NC)C(C)C. The van der Waals surface area contributed by atoms with Crippen LogP contribution in [0.15, 0.2) is 0 Å². The fourth-order valence-electron chi connectivity index (χ4n) is 1.70. The lowest BCUT2D eigenvalue weighted by atomic mass is 9.89. The highest BCUT2D eigenvalue weighted by Crippen LogP contribution is 2.18. The molecule has 0 aromatic rings. The van der Waals surface area contributed by atoms with Gasteiger partial charge in [0.2, 0.25) is 0 Å². The summed E-state index contributed by atoms with van der Waals surface area (Å²) in [5.74, 6) is 1.67. The monoisotopic (exact) mass is 171 g/mol. The molecule has 0 bridgehead atoms. The van der Waals surface area contributed by atoms with Crippen LogP contribution in [0.5, 0.6) is 0 Å². The summed E-state index contributed by atoms with van der Waals surface area (Å²) in [5, 5.41) is 3.40. The normalized spacial score (nSPS) is 14.2. The first kappa shape index (κ1) is 12.0. The van der Waals surface area contributed by atoms with E-state index in [1.54, 1.807) is 0 Å². The molecule has 1 atom stereocenters. The van der Waals surface area contributed by atoms with Gasteiger partial charge in [0, 0.05) is 6.04 Å². The first-order chi connectivity index (χ1) is 5.65. The Balaban J connectivity index is 3.82. The molecule has 74 valence electrons. The molecule has 12 heavy (non-hydrogen) atoms. The van der Waals surface area contributed by atoms with E-state index >= 15 is 0 Å². The Hall–Kier alpha value is -0.0400. The molecule has 1 unspecified atom stereocenters. The second-order valence-corrected chi connectivity index (χ2v) is 4.06.